The summed E-state index contributed by atoms with van der Waals surface area (Å²) in [6.45, 7) is 13.0. The quantitative estimate of drug-likeness (QED) is 0.147. The fourth-order valence-electron chi connectivity index (χ4n) is 7.06. The van der Waals surface area contributed by atoms with Crippen molar-refractivity contribution in [1.29, 1.82) is 0 Å². The van der Waals surface area contributed by atoms with E-state index >= 15 is 0 Å². The van der Waals surface area contributed by atoms with Gasteiger partial charge in [-0.15, -0.1) is 5.92 Å². The van der Waals surface area contributed by atoms with Crippen molar-refractivity contribution in [2.75, 3.05) is 0 Å². The Labute approximate surface area is 261 Å². The maximum atomic E-state index is 14.2. The molecule has 0 saturated carbocycles. The van der Waals surface area contributed by atoms with Gasteiger partial charge in [0.05, 0.1) is 0 Å². The van der Waals surface area contributed by atoms with Gasteiger partial charge in [-0.2, -0.15) is 0 Å². The summed E-state index contributed by atoms with van der Waals surface area (Å²) in [4.78, 5) is 26.7. The zero-order chi connectivity index (χ0) is 31.0. The first-order valence-electron chi connectivity index (χ1n) is 16.0. The highest BCUT2D eigenvalue weighted by atomic mass is 16.1. The second-order valence-corrected chi connectivity index (χ2v) is 12.7. The first kappa shape index (κ1) is 29.6. The third kappa shape index (κ3) is 5.37. The van der Waals surface area contributed by atoms with Crippen molar-refractivity contribution in [2.24, 2.45) is 5.92 Å². The summed E-state index contributed by atoms with van der Waals surface area (Å²) in [6.07, 6.45) is 21.9. The first-order valence-corrected chi connectivity index (χ1v) is 16.0. The molecule has 220 valence electrons. The van der Waals surface area contributed by atoms with Crippen LogP contribution in [0.25, 0.3) is 35.6 Å². The highest BCUT2D eigenvalue weighted by Gasteiger charge is 2.33. The molecule has 0 radical (unpaired) electrons. The lowest BCUT2D eigenvalue weighted by Crippen LogP contribution is -2.25. The molecule has 3 aromatic carbocycles. The average Bonchev–Trinajstić information content (AvgIpc) is 3.41. The summed E-state index contributed by atoms with van der Waals surface area (Å²) in [7, 11) is 0. The standard InChI is InChI=1S/C42H40O2/c1-6-12-30-24-32(20-19-29(30)21-22-33(43)15-9-7-13-26(2)3)42(44)38-25-37-28(5)40-34-16-10-8-14-31(34)23-27(4)39(40)36-18-11-17-35(38)41(36)37/h9-11,15-20,23-26,35H,5,7-8,13-14,21-22H2,1-4H3/b15-9+. The first-order chi connectivity index (χ1) is 21.3. The summed E-state index contributed by atoms with van der Waals surface area (Å²) in [5.41, 5.74) is 9.42. The molecule has 0 N–H and O–H groups in total. The Kier molecular flexibility index (Phi) is 8.24. The second kappa shape index (κ2) is 12.3. The maximum Gasteiger partial charge on any atom is 0.190 e. The monoisotopic (exact) mass is 576 g/mol. The van der Waals surface area contributed by atoms with E-state index < -0.39 is 0 Å². The van der Waals surface area contributed by atoms with Gasteiger partial charge in [-0.3, -0.25) is 9.59 Å². The topological polar surface area (TPSA) is 34.1 Å². The molecule has 2 nitrogen and oxygen atoms in total. The van der Waals surface area contributed by atoms with Gasteiger partial charge in [0.1, 0.15) is 0 Å². The fraction of sp³-hybridized carbons (Fsp3) is 0.286. The zero-order valence-electron chi connectivity index (χ0n) is 26.3. The predicted octanol–water partition coefficient (Wildman–Crippen LogP) is 8.10. The molecular weight excluding hydrogens is 536 g/mol. The Morgan fingerprint density at radius 2 is 1.98 bits per heavy atom. The number of aryl methyl sites for hydroxylation is 3. The molecule has 0 heterocycles. The number of hydrogen-bond acceptors (Lipinski definition) is 2. The smallest absolute Gasteiger partial charge is 0.190 e. The lowest BCUT2D eigenvalue weighted by molar-refractivity contribution is -0.114. The van der Waals surface area contributed by atoms with Gasteiger partial charge >= 0.3 is 0 Å². The van der Waals surface area contributed by atoms with Gasteiger partial charge in [0.25, 0.3) is 0 Å². The molecular formula is C42H40O2. The third-order valence-corrected chi connectivity index (χ3v) is 9.25. The van der Waals surface area contributed by atoms with Crippen molar-refractivity contribution in [3.8, 4) is 11.8 Å². The number of Topliss-reactive ketones (excluding diaryl/α,β-unsaturated/α-hetero) is 1. The Balaban J connectivity index is 1.33. The van der Waals surface area contributed by atoms with Crippen LogP contribution in [0.15, 0.2) is 60.2 Å². The molecule has 0 amide bonds. The van der Waals surface area contributed by atoms with E-state index in [1.165, 1.54) is 38.2 Å². The lowest BCUT2D eigenvalue weighted by Gasteiger charge is -2.21. The molecule has 1 unspecified atom stereocenters. The van der Waals surface area contributed by atoms with Crippen molar-refractivity contribution in [3.63, 3.8) is 0 Å². The Bertz CT molecular complexity index is 2010. The highest BCUT2D eigenvalue weighted by Crippen LogP contribution is 2.40. The van der Waals surface area contributed by atoms with E-state index in [4.69, 9.17) is 0 Å². The molecule has 0 spiro atoms. The molecule has 0 aliphatic heterocycles. The van der Waals surface area contributed by atoms with Crippen LogP contribution in [0.4, 0.5) is 0 Å². The molecule has 3 aliphatic carbocycles. The average molecular weight is 577 g/mol. The molecule has 6 rings (SSSR count). The number of carbonyl (C=O) groups is 2. The van der Waals surface area contributed by atoms with Crippen LogP contribution in [-0.4, -0.2) is 11.6 Å². The van der Waals surface area contributed by atoms with Gasteiger partial charge < -0.3 is 0 Å². The normalized spacial score (nSPS) is 16.0. The van der Waals surface area contributed by atoms with E-state index in [9.17, 15) is 9.59 Å². The SMILES string of the molecule is C=c1c2c3c(c4c(C)cc5c(c14)C=CCC5)=CC=CC3C(C(=O)c1ccc(CCC(=O)/C=C/CCC(C)C)c(C#CC)c1)=C2. The van der Waals surface area contributed by atoms with Crippen LogP contribution in [0.2, 0.25) is 0 Å². The molecule has 0 saturated heterocycles. The molecule has 0 aromatic heterocycles. The number of benzene rings is 3. The van der Waals surface area contributed by atoms with E-state index in [0.29, 0.717) is 24.3 Å². The van der Waals surface area contributed by atoms with E-state index in [-0.39, 0.29) is 17.5 Å². The van der Waals surface area contributed by atoms with E-state index in [1.807, 2.05) is 24.3 Å². The fourth-order valence-corrected chi connectivity index (χ4v) is 7.06. The van der Waals surface area contributed by atoms with Gasteiger partial charge in [0, 0.05) is 29.0 Å². The lowest BCUT2D eigenvalue weighted by atomic mass is 9.81. The minimum atomic E-state index is -0.103. The van der Waals surface area contributed by atoms with E-state index in [1.54, 1.807) is 13.0 Å². The molecule has 0 bridgehead atoms. The summed E-state index contributed by atoms with van der Waals surface area (Å²) < 4.78 is 0. The summed E-state index contributed by atoms with van der Waals surface area (Å²) in [5, 5.41) is 4.69. The minimum Gasteiger partial charge on any atom is -0.295 e. The number of ketones is 2. The van der Waals surface area contributed by atoms with Crippen LogP contribution in [-0.2, 0) is 17.6 Å². The van der Waals surface area contributed by atoms with Crippen LogP contribution in [0, 0.1) is 24.7 Å². The largest absolute Gasteiger partial charge is 0.295 e. The van der Waals surface area contributed by atoms with Crippen LogP contribution < -0.4 is 10.4 Å². The summed E-state index contributed by atoms with van der Waals surface area (Å²) in [5.74, 6) is 6.86. The van der Waals surface area contributed by atoms with Gasteiger partial charge in [0.2, 0.25) is 0 Å². The van der Waals surface area contributed by atoms with E-state index in [0.717, 1.165) is 53.2 Å². The van der Waals surface area contributed by atoms with Gasteiger partial charge in [-0.1, -0.05) is 81.0 Å². The molecule has 44 heavy (non-hydrogen) atoms. The van der Waals surface area contributed by atoms with Crippen molar-refractivity contribution in [2.45, 2.75) is 72.1 Å². The predicted molar refractivity (Wildman–Crippen MR) is 185 cm³/mol. The molecule has 2 heteroatoms. The molecule has 0 fully saturated rings. The van der Waals surface area contributed by atoms with Crippen molar-refractivity contribution in [1.82, 2.24) is 0 Å². The van der Waals surface area contributed by atoms with Crippen molar-refractivity contribution >= 4 is 47.1 Å². The summed E-state index contributed by atoms with van der Waals surface area (Å²) >= 11 is 0. The highest BCUT2D eigenvalue weighted by molar-refractivity contribution is 6.15. The van der Waals surface area contributed by atoms with Crippen LogP contribution in [0.3, 0.4) is 0 Å². The van der Waals surface area contributed by atoms with Crippen LogP contribution >= 0.6 is 0 Å². The number of allylic oxidation sites excluding steroid dienone is 6. The van der Waals surface area contributed by atoms with Gasteiger partial charge in [-0.05, 0) is 125 Å². The summed E-state index contributed by atoms with van der Waals surface area (Å²) in [6, 6.07) is 8.13. The van der Waals surface area contributed by atoms with Crippen LogP contribution in [0.5, 0.6) is 0 Å². The number of hydrogen-bond donors (Lipinski definition) is 0. The van der Waals surface area contributed by atoms with Crippen LogP contribution in [0.1, 0.15) is 102 Å². The van der Waals surface area contributed by atoms with E-state index in [2.05, 4.69) is 81.7 Å². The zero-order valence-corrected chi connectivity index (χ0v) is 26.3. The molecule has 3 aromatic rings. The van der Waals surface area contributed by atoms with Gasteiger partial charge in [0.15, 0.2) is 11.6 Å². The minimum absolute atomic E-state index is 0.0145. The molecule has 1 atom stereocenters. The molecule has 3 aliphatic rings. The number of fused-ring (bicyclic) bond motifs is 4. The van der Waals surface area contributed by atoms with Crippen molar-refractivity contribution < 1.29 is 9.59 Å². The maximum absolute atomic E-state index is 14.2. The van der Waals surface area contributed by atoms with Crippen molar-refractivity contribution in [3.05, 3.63) is 115 Å². The number of carbonyl (C=O) groups excluding carboxylic acids is 2. The number of rotatable bonds is 9. The van der Waals surface area contributed by atoms with Gasteiger partial charge in [-0.25, -0.2) is 0 Å². The Hall–Kier alpha value is -4.48. The second-order valence-electron chi connectivity index (χ2n) is 12.7. The third-order valence-electron chi connectivity index (χ3n) is 9.25. The Morgan fingerprint density at radius 1 is 1.14 bits per heavy atom. The Morgan fingerprint density at radius 3 is 2.77 bits per heavy atom.